The summed E-state index contributed by atoms with van der Waals surface area (Å²) >= 11 is 0. The molecule has 1 aliphatic heterocycles. The number of hydrogen-bond acceptors (Lipinski definition) is 4. The summed E-state index contributed by atoms with van der Waals surface area (Å²) in [6.45, 7) is 0.177. The quantitative estimate of drug-likeness (QED) is 0.676. The fraction of sp³-hybridized carbons (Fsp3) is 0.182. The molecule has 0 saturated carbocycles. The molecule has 0 unspecified atom stereocenters. The van der Waals surface area contributed by atoms with E-state index in [0.29, 0.717) is 12.3 Å². The number of hydrogen-bond donors (Lipinski definition) is 0. The van der Waals surface area contributed by atoms with Crippen molar-refractivity contribution in [3.8, 4) is 0 Å². The van der Waals surface area contributed by atoms with E-state index in [0.717, 1.165) is 16.5 Å². The number of ether oxygens (including phenoxy) is 2. The third kappa shape index (κ3) is 2.94. The Morgan fingerprint density at radius 2 is 1.77 bits per heavy atom. The number of fused-ring (bicyclic) bond motifs is 1. The van der Waals surface area contributed by atoms with Crippen LogP contribution in [0.4, 0.5) is 0 Å². The van der Waals surface area contributed by atoms with Gasteiger partial charge in [0.1, 0.15) is 6.61 Å². The van der Waals surface area contributed by atoms with Crippen LogP contribution in [0.15, 0.2) is 77.8 Å². The molecule has 1 atom stereocenters. The van der Waals surface area contributed by atoms with Crippen LogP contribution in [0.25, 0.3) is 10.8 Å². The summed E-state index contributed by atoms with van der Waals surface area (Å²) in [4.78, 5) is 17.2. The molecule has 1 aliphatic rings. The lowest BCUT2D eigenvalue weighted by atomic mass is 9.91. The SMILES string of the molecule is COC(=O)[C@@]1(Cc2ccc3ccccc3c2)COC(c2ccccc2)=N1. The van der Waals surface area contributed by atoms with Gasteiger partial charge in [-0.05, 0) is 28.5 Å². The van der Waals surface area contributed by atoms with Gasteiger partial charge in [0.15, 0.2) is 5.54 Å². The number of nitrogens with zero attached hydrogens (tertiary/aromatic N) is 1. The van der Waals surface area contributed by atoms with E-state index in [1.165, 1.54) is 12.5 Å². The summed E-state index contributed by atoms with van der Waals surface area (Å²) in [5, 5.41) is 2.30. The minimum atomic E-state index is -1.05. The largest absolute Gasteiger partial charge is 0.474 e. The molecule has 3 aromatic rings. The molecular weight excluding hydrogens is 326 g/mol. The first kappa shape index (κ1) is 16.3. The van der Waals surface area contributed by atoms with Gasteiger partial charge in [0.2, 0.25) is 5.90 Å². The van der Waals surface area contributed by atoms with Crippen molar-refractivity contribution >= 4 is 22.6 Å². The maximum atomic E-state index is 12.6. The van der Waals surface area contributed by atoms with E-state index in [9.17, 15) is 4.79 Å². The van der Waals surface area contributed by atoms with Gasteiger partial charge in [0.25, 0.3) is 0 Å². The average Bonchev–Trinajstić information content (AvgIpc) is 3.13. The van der Waals surface area contributed by atoms with Crippen LogP contribution < -0.4 is 0 Å². The zero-order chi connectivity index (χ0) is 18.0. The van der Waals surface area contributed by atoms with Crippen molar-refractivity contribution in [2.75, 3.05) is 13.7 Å². The molecule has 0 N–H and O–H groups in total. The Morgan fingerprint density at radius 3 is 2.54 bits per heavy atom. The highest BCUT2D eigenvalue weighted by atomic mass is 16.5. The minimum Gasteiger partial charge on any atom is -0.474 e. The van der Waals surface area contributed by atoms with Crippen molar-refractivity contribution in [3.63, 3.8) is 0 Å². The topological polar surface area (TPSA) is 47.9 Å². The number of esters is 1. The van der Waals surface area contributed by atoms with Crippen molar-refractivity contribution in [3.05, 3.63) is 83.9 Å². The van der Waals surface area contributed by atoms with Gasteiger partial charge in [-0.1, -0.05) is 60.7 Å². The maximum Gasteiger partial charge on any atom is 0.337 e. The van der Waals surface area contributed by atoms with Crippen molar-refractivity contribution in [2.45, 2.75) is 12.0 Å². The van der Waals surface area contributed by atoms with Gasteiger partial charge in [-0.25, -0.2) is 9.79 Å². The molecule has 0 aromatic heterocycles. The first-order valence-electron chi connectivity index (χ1n) is 8.54. The van der Waals surface area contributed by atoms with Crippen molar-refractivity contribution in [2.24, 2.45) is 4.99 Å². The number of aliphatic imine (C=N–C) groups is 1. The smallest absolute Gasteiger partial charge is 0.337 e. The Kier molecular flexibility index (Phi) is 4.17. The van der Waals surface area contributed by atoms with Crippen LogP contribution in [0.2, 0.25) is 0 Å². The molecule has 0 amide bonds. The van der Waals surface area contributed by atoms with Gasteiger partial charge >= 0.3 is 5.97 Å². The van der Waals surface area contributed by atoms with Crippen LogP contribution in [-0.4, -0.2) is 31.1 Å². The number of carbonyl (C=O) groups excluding carboxylic acids is 1. The molecule has 1 heterocycles. The third-order valence-electron chi connectivity index (χ3n) is 4.66. The van der Waals surface area contributed by atoms with Crippen molar-refractivity contribution in [1.82, 2.24) is 0 Å². The lowest BCUT2D eigenvalue weighted by Crippen LogP contribution is -2.41. The first-order chi connectivity index (χ1) is 12.7. The molecule has 0 fully saturated rings. The Labute approximate surface area is 152 Å². The molecule has 26 heavy (non-hydrogen) atoms. The second-order valence-corrected chi connectivity index (χ2v) is 6.45. The summed E-state index contributed by atoms with van der Waals surface area (Å²) in [7, 11) is 1.39. The molecule has 0 bridgehead atoms. The Bertz CT molecular complexity index is 981. The van der Waals surface area contributed by atoms with E-state index in [4.69, 9.17) is 9.47 Å². The molecule has 0 aliphatic carbocycles. The summed E-state index contributed by atoms with van der Waals surface area (Å²) < 4.78 is 10.8. The molecule has 4 rings (SSSR count). The van der Waals surface area contributed by atoms with Gasteiger partial charge in [-0.2, -0.15) is 0 Å². The molecular formula is C22H19NO3. The number of benzene rings is 3. The zero-order valence-corrected chi connectivity index (χ0v) is 14.5. The van der Waals surface area contributed by atoms with Gasteiger partial charge in [0.05, 0.1) is 7.11 Å². The minimum absolute atomic E-state index is 0.177. The van der Waals surface area contributed by atoms with E-state index in [2.05, 4.69) is 29.3 Å². The summed E-state index contributed by atoms with van der Waals surface area (Å²) in [5.74, 6) is 0.105. The zero-order valence-electron chi connectivity index (χ0n) is 14.5. The number of methoxy groups -OCH3 is 1. The van der Waals surface area contributed by atoms with E-state index >= 15 is 0 Å². The van der Waals surface area contributed by atoms with Crippen LogP contribution >= 0.6 is 0 Å². The molecule has 0 radical (unpaired) electrons. The fourth-order valence-electron chi connectivity index (χ4n) is 3.32. The second-order valence-electron chi connectivity index (χ2n) is 6.45. The highest BCUT2D eigenvalue weighted by molar-refractivity contribution is 5.99. The molecule has 4 nitrogen and oxygen atoms in total. The summed E-state index contributed by atoms with van der Waals surface area (Å²) in [5.41, 5.74) is 0.829. The van der Waals surface area contributed by atoms with Crippen LogP contribution in [-0.2, 0) is 20.7 Å². The monoisotopic (exact) mass is 345 g/mol. The van der Waals surface area contributed by atoms with Gasteiger partial charge < -0.3 is 9.47 Å². The van der Waals surface area contributed by atoms with Gasteiger partial charge in [0, 0.05) is 12.0 Å². The van der Waals surface area contributed by atoms with Crippen LogP contribution in [0, 0.1) is 0 Å². The van der Waals surface area contributed by atoms with E-state index in [1.54, 1.807) is 0 Å². The predicted molar refractivity (Wildman–Crippen MR) is 101 cm³/mol. The average molecular weight is 345 g/mol. The second kappa shape index (κ2) is 6.64. The summed E-state index contributed by atoms with van der Waals surface area (Å²) in [6.07, 6.45) is 0.431. The van der Waals surface area contributed by atoms with E-state index in [-0.39, 0.29) is 12.6 Å². The van der Waals surface area contributed by atoms with Crippen LogP contribution in [0.1, 0.15) is 11.1 Å². The highest BCUT2D eigenvalue weighted by Crippen LogP contribution is 2.29. The molecule has 0 spiro atoms. The molecule has 130 valence electrons. The van der Waals surface area contributed by atoms with Gasteiger partial charge in [-0.3, -0.25) is 0 Å². The first-order valence-corrected chi connectivity index (χ1v) is 8.54. The standard InChI is InChI=1S/C22H19NO3/c1-25-21(24)22(15-26-20(23-22)18-8-3-2-4-9-18)14-16-11-12-17-7-5-6-10-19(17)13-16/h2-13H,14-15H2,1H3/t22-/m1/s1. The lowest BCUT2D eigenvalue weighted by Gasteiger charge is -2.21. The Morgan fingerprint density at radius 1 is 1.04 bits per heavy atom. The predicted octanol–water partition coefficient (Wildman–Crippen LogP) is 3.77. The lowest BCUT2D eigenvalue weighted by molar-refractivity contribution is -0.147. The van der Waals surface area contributed by atoms with Crippen LogP contribution in [0.5, 0.6) is 0 Å². The number of carbonyl (C=O) groups is 1. The highest BCUT2D eigenvalue weighted by Gasteiger charge is 2.45. The molecule has 3 aromatic carbocycles. The fourth-order valence-corrected chi connectivity index (χ4v) is 3.32. The Hall–Kier alpha value is -3.14. The van der Waals surface area contributed by atoms with Crippen molar-refractivity contribution < 1.29 is 14.3 Å². The molecule has 0 saturated heterocycles. The van der Waals surface area contributed by atoms with Crippen LogP contribution in [0.3, 0.4) is 0 Å². The third-order valence-corrected chi connectivity index (χ3v) is 4.66. The van der Waals surface area contributed by atoms with Gasteiger partial charge in [-0.15, -0.1) is 0 Å². The van der Waals surface area contributed by atoms with E-state index in [1.807, 2.05) is 48.5 Å². The van der Waals surface area contributed by atoms with Crippen molar-refractivity contribution in [1.29, 1.82) is 0 Å². The summed E-state index contributed by atoms with van der Waals surface area (Å²) in [6, 6.07) is 23.9. The normalized spacial score (nSPS) is 19.0. The maximum absolute atomic E-state index is 12.6. The van der Waals surface area contributed by atoms with E-state index < -0.39 is 5.54 Å². The number of rotatable bonds is 4. The molecule has 4 heteroatoms. The Balaban J connectivity index is 1.71.